The van der Waals surface area contributed by atoms with Crippen LogP contribution in [-0.4, -0.2) is 18.9 Å². The lowest BCUT2D eigenvalue weighted by atomic mass is 10.1. The number of methoxy groups -OCH3 is 1. The van der Waals surface area contributed by atoms with Crippen molar-refractivity contribution >= 4 is 17.5 Å². The van der Waals surface area contributed by atoms with Gasteiger partial charge in [0.25, 0.3) is 11.8 Å². The van der Waals surface area contributed by atoms with Crippen LogP contribution in [-0.2, 0) is 0 Å². The topological polar surface area (TPSA) is 55.8 Å². The molecule has 1 heterocycles. The Hall–Kier alpha value is -3.60. The van der Waals surface area contributed by atoms with Crippen molar-refractivity contribution in [2.24, 2.45) is 0 Å². The maximum absolute atomic E-state index is 13.0. The van der Waals surface area contributed by atoms with Gasteiger partial charge in [-0.2, -0.15) is 0 Å². The van der Waals surface area contributed by atoms with Gasteiger partial charge in [-0.15, -0.1) is 0 Å². The number of carbonyl (C=O) groups is 2. The number of anilines is 1. The molecule has 0 radical (unpaired) electrons. The fourth-order valence-electron chi connectivity index (χ4n) is 3.23. The molecule has 28 heavy (non-hydrogen) atoms. The van der Waals surface area contributed by atoms with Gasteiger partial charge in [-0.25, -0.2) is 4.90 Å². The summed E-state index contributed by atoms with van der Waals surface area (Å²) in [6.07, 6.45) is 0. The highest BCUT2D eigenvalue weighted by Gasteiger charge is 2.38. The van der Waals surface area contributed by atoms with Gasteiger partial charge < -0.3 is 9.47 Å². The number of hydrogen-bond acceptors (Lipinski definition) is 4. The Morgan fingerprint density at radius 3 is 2.18 bits per heavy atom. The monoisotopic (exact) mass is 373 g/mol. The van der Waals surface area contributed by atoms with E-state index in [0.29, 0.717) is 34.1 Å². The van der Waals surface area contributed by atoms with E-state index in [1.165, 1.54) is 12.7 Å². The normalized spacial score (nSPS) is 12.9. The smallest absolute Gasteiger partial charge is 0.266 e. The number of para-hydroxylation sites is 2. The lowest BCUT2D eigenvalue weighted by Gasteiger charge is -2.16. The van der Waals surface area contributed by atoms with E-state index in [4.69, 9.17) is 9.47 Å². The van der Waals surface area contributed by atoms with Gasteiger partial charge in [0.15, 0.2) is 0 Å². The van der Waals surface area contributed by atoms with Crippen molar-refractivity contribution in [3.63, 3.8) is 0 Å². The van der Waals surface area contributed by atoms with Crippen molar-refractivity contribution in [2.45, 2.75) is 13.8 Å². The van der Waals surface area contributed by atoms with Crippen molar-refractivity contribution < 1.29 is 19.1 Å². The Morgan fingerprint density at radius 2 is 1.43 bits per heavy atom. The number of hydrogen-bond donors (Lipinski definition) is 0. The summed E-state index contributed by atoms with van der Waals surface area (Å²) < 4.78 is 11.2. The molecular weight excluding hydrogens is 354 g/mol. The second-order valence-corrected chi connectivity index (χ2v) is 6.67. The Kier molecular flexibility index (Phi) is 4.35. The summed E-state index contributed by atoms with van der Waals surface area (Å²) in [6, 6.07) is 17.7. The first-order valence-electron chi connectivity index (χ1n) is 8.90. The Bertz CT molecular complexity index is 1100. The van der Waals surface area contributed by atoms with Crippen LogP contribution in [0.1, 0.15) is 31.8 Å². The standard InChI is InChI=1S/C23H19NO4/c1-14-8-9-16(12-15(14)2)28-17-10-11-18-19(13-17)23(26)24(22(18)25)20-6-4-5-7-21(20)27-3/h4-13H,1-3H3. The zero-order valence-corrected chi connectivity index (χ0v) is 15.9. The largest absolute Gasteiger partial charge is 0.495 e. The summed E-state index contributed by atoms with van der Waals surface area (Å²) >= 11 is 0. The lowest BCUT2D eigenvalue weighted by molar-refractivity contribution is 0.0925. The third-order valence-corrected chi connectivity index (χ3v) is 4.90. The number of nitrogens with zero attached hydrogens (tertiary/aromatic N) is 1. The van der Waals surface area contributed by atoms with Crippen LogP contribution >= 0.6 is 0 Å². The first kappa shape index (κ1) is 17.8. The number of benzene rings is 3. The fourth-order valence-corrected chi connectivity index (χ4v) is 3.23. The molecule has 3 aromatic carbocycles. The molecule has 0 atom stereocenters. The second kappa shape index (κ2) is 6.85. The van der Waals surface area contributed by atoms with Crippen LogP contribution in [0.15, 0.2) is 60.7 Å². The van der Waals surface area contributed by atoms with Gasteiger partial charge in [-0.05, 0) is 67.4 Å². The zero-order chi connectivity index (χ0) is 19.8. The molecule has 0 bridgehead atoms. The highest BCUT2D eigenvalue weighted by atomic mass is 16.5. The average Bonchev–Trinajstić information content (AvgIpc) is 2.95. The molecule has 0 spiro atoms. The number of fused-ring (bicyclic) bond motifs is 1. The van der Waals surface area contributed by atoms with Gasteiger partial charge in [-0.3, -0.25) is 9.59 Å². The highest BCUT2D eigenvalue weighted by molar-refractivity contribution is 6.35. The Balaban J connectivity index is 1.68. The molecule has 0 aromatic heterocycles. The molecule has 0 aliphatic carbocycles. The van der Waals surface area contributed by atoms with Crippen LogP contribution in [0, 0.1) is 13.8 Å². The maximum atomic E-state index is 13.0. The van der Waals surface area contributed by atoms with Crippen LogP contribution in [0.5, 0.6) is 17.2 Å². The van der Waals surface area contributed by atoms with Crippen LogP contribution in [0.3, 0.4) is 0 Å². The predicted molar refractivity (Wildman–Crippen MR) is 107 cm³/mol. The predicted octanol–water partition coefficient (Wildman–Crippen LogP) is 4.90. The summed E-state index contributed by atoms with van der Waals surface area (Å²) in [5.74, 6) is 0.882. The molecule has 140 valence electrons. The molecule has 1 aliphatic rings. The Morgan fingerprint density at radius 1 is 0.750 bits per heavy atom. The van der Waals surface area contributed by atoms with E-state index in [1.807, 2.05) is 32.0 Å². The third-order valence-electron chi connectivity index (χ3n) is 4.90. The van der Waals surface area contributed by atoms with Crippen LogP contribution in [0.4, 0.5) is 5.69 Å². The van der Waals surface area contributed by atoms with E-state index in [0.717, 1.165) is 10.5 Å². The van der Waals surface area contributed by atoms with Crippen LogP contribution in [0.2, 0.25) is 0 Å². The minimum Gasteiger partial charge on any atom is -0.495 e. The third kappa shape index (κ3) is 2.91. The van der Waals surface area contributed by atoms with Gasteiger partial charge in [0.1, 0.15) is 17.2 Å². The number of amides is 2. The summed E-state index contributed by atoms with van der Waals surface area (Å²) in [5.41, 5.74) is 3.38. The van der Waals surface area contributed by atoms with E-state index in [9.17, 15) is 9.59 Å². The minimum absolute atomic E-state index is 0.317. The summed E-state index contributed by atoms with van der Waals surface area (Å²) in [5, 5.41) is 0. The van der Waals surface area contributed by atoms with E-state index >= 15 is 0 Å². The molecular formula is C23H19NO4. The van der Waals surface area contributed by atoms with Crippen LogP contribution < -0.4 is 14.4 Å². The van der Waals surface area contributed by atoms with Crippen molar-refractivity contribution in [1.82, 2.24) is 0 Å². The van der Waals surface area contributed by atoms with E-state index in [-0.39, 0.29) is 5.91 Å². The molecule has 4 rings (SSSR count). The quantitative estimate of drug-likeness (QED) is 0.610. The molecule has 5 heteroatoms. The van der Waals surface area contributed by atoms with Gasteiger partial charge in [0.2, 0.25) is 0 Å². The average molecular weight is 373 g/mol. The number of ether oxygens (including phenoxy) is 2. The van der Waals surface area contributed by atoms with Crippen molar-refractivity contribution in [3.05, 3.63) is 82.9 Å². The number of aryl methyl sites for hydroxylation is 2. The first-order valence-corrected chi connectivity index (χ1v) is 8.90. The van der Waals surface area contributed by atoms with E-state index in [2.05, 4.69) is 0 Å². The number of imide groups is 1. The van der Waals surface area contributed by atoms with Gasteiger partial charge in [0.05, 0.1) is 23.9 Å². The molecule has 0 saturated carbocycles. The fraction of sp³-hybridized carbons (Fsp3) is 0.130. The SMILES string of the molecule is COc1ccccc1N1C(=O)c2ccc(Oc3ccc(C)c(C)c3)cc2C1=O. The molecule has 0 unspecified atom stereocenters. The number of rotatable bonds is 4. The molecule has 5 nitrogen and oxygen atoms in total. The molecule has 0 N–H and O–H groups in total. The molecule has 3 aromatic rings. The van der Waals surface area contributed by atoms with E-state index in [1.54, 1.807) is 42.5 Å². The summed E-state index contributed by atoms with van der Waals surface area (Å²) in [6.45, 7) is 4.05. The second-order valence-electron chi connectivity index (χ2n) is 6.67. The van der Waals surface area contributed by atoms with Crippen molar-refractivity contribution in [3.8, 4) is 17.2 Å². The van der Waals surface area contributed by atoms with Gasteiger partial charge in [0, 0.05) is 0 Å². The summed E-state index contributed by atoms with van der Waals surface area (Å²) in [7, 11) is 1.51. The number of carbonyl (C=O) groups excluding carboxylic acids is 2. The van der Waals surface area contributed by atoms with Gasteiger partial charge >= 0.3 is 0 Å². The van der Waals surface area contributed by atoms with Crippen LogP contribution in [0.25, 0.3) is 0 Å². The Labute approximate surface area is 163 Å². The van der Waals surface area contributed by atoms with Crippen molar-refractivity contribution in [2.75, 3.05) is 12.0 Å². The highest BCUT2D eigenvalue weighted by Crippen LogP contribution is 2.36. The first-order chi connectivity index (χ1) is 13.5. The van der Waals surface area contributed by atoms with Gasteiger partial charge in [-0.1, -0.05) is 18.2 Å². The molecule has 0 fully saturated rings. The van der Waals surface area contributed by atoms with E-state index < -0.39 is 5.91 Å². The minimum atomic E-state index is -0.393. The summed E-state index contributed by atoms with van der Waals surface area (Å²) in [4.78, 5) is 27.0. The maximum Gasteiger partial charge on any atom is 0.266 e. The lowest BCUT2D eigenvalue weighted by Crippen LogP contribution is -2.29. The molecule has 2 amide bonds. The molecule has 0 saturated heterocycles. The van der Waals surface area contributed by atoms with Crippen molar-refractivity contribution in [1.29, 1.82) is 0 Å². The zero-order valence-electron chi connectivity index (χ0n) is 15.9. The molecule has 1 aliphatic heterocycles.